The van der Waals surface area contributed by atoms with Crippen LogP contribution in [0.4, 0.5) is 5.82 Å². The van der Waals surface area contributed by atoms with E-state index in [-0.39, 0.29) is 5.56 Å². The quantitative estimate of drug-likeness (QED) is 0.915. The fourth-order valence-electron chi connectivity index (χ4n) is 5.75. The van der Waals surface area contributed by atoms with E-state index in [1.54, 1.807) is 24.0 Å². The van der Waals surface area contributed by atoms with Crippen molar-refractivity contribution in [3.63, 3.8) is 0 Å². The monoisotopic (exact) mass is 344 g/mol. The third-order valence-electron chi connectivity index (χ3n) is 7.14. The number of aromatic nitrogens is 2. The summed E-state index contributed by atoms with van der Waals surface area (Å²) in [5.74, 6) is 2.38. The lowest BCUT2D eigenvalue weighted by Crippen LogP contribution is -2.67. The minimum absolute atomic E-state index is 0.0134. The minimum Gasteiger partial charge on any atom is -0.350 e. The first-order chi connectivity index (χ1) is 12.0. The van der Waals surface area contributed by atoms with Crippen LogP contribution in [0.3, 0.4) is 0 Å². The zero-order chi connectivity index (χ0) is 17.6. The van der Waals surface area contributed by atoms with Gasteiger partial charge >= 0.3 is 0 Å². The molecule has 3 fully saturated rings. The second kappa shape index (κ2) is 6.42. The topological polar surface area (TPSA) is 50.2 Å². The average Bonchev–Trinajstić information content (AvgIpc) is 2.62. The third kappa shape index (κ3) is 2.90. The molecule has 2 aliphatic carbocycles. The third-order valence-corrected chi connectivity index (χ3v) is 7.14. The van der Waals surface area contributed by atoms with Crippen LogP contribution >= 0.6 is 0 Å². The van der Waals surface area contributed by atoms with Gasteiger partial charge in [-0.3, -0.25) is 4.79 Å². The zero-order valence-corrected chi connectivity index (χ0v) is 15.9. The van der Waals surface area contributed by atoms with E-state index < -0.39 is 0 Å². The summed E-state index contributed by atoms with van der Waals surface area (Å²) in [7, 11) is 1.80. The molecule has 4 rings (SSSR count). The molecule has 1 aliphatic heterocycles. The molecular formula is C20H32N4O. The van der Waals surface area contributed by atoms with E-state index in [0.29, 0.717) is 23.3 Å². The Kier molecular flexibility index (Phi) is 4.38. The van der Waals surface area contributed by atoms with Gasteiger partial charge in [-0.1, -0.05) is 26.7 Å². The van der Waals surface area contributed by atoms with Gasteiger partial charge in [0, 0.05) is 44.6 Å². The van der Waals surface area contributed by atoms with Crippen LogP contribution in [0, 0.1) is 17.3 Å². The van der Waals surface area contributed by atoms with E-state index >= 15 is 0 Å². The van der Waals surface area contributed by atoms with Crippen LogP contribution in [0.2, 0.25) is 0 Å². The number of anilines is 1. The summed E-state index contributed by atoms with van der Waals surface area (Å²) in [6, 6.07) is 1.10. The van der Waals surface area contributed by atoms with Gasteiger partial charge in [0.1, 0.15) is 0 Å². The predicted molar refractivity (Wildman–Crippen MR) is 101 cm³/mol. The molecular weight excluding hydrogens is 312 g/mol. The van der Waals surface area contributed by atoms with E-state index in [1.165, 1.54) is 32.1 Å². The predicted octanol–water partition coefficient (Wildman–Crippen LogP) is 2.55. The summed E-state index contributed by atoms with van der Waals surface area (Å²) >= 11 is 0. The smallest absolute Gasteiger partial charge is 0.293 e. The van der Waals surface area contributed by atoms with Crippen molar-refractivity contribution >= 4 is 5.82 Å². The van der Waals surface area contributed by atoms with Crippen molar-refractivity contribution in [2.24, 2.45) is 24.3 Å². The van der Waals surface area contributed by atoms with E-state index in [2.05, 4.69) is 29.0 Å². The summed E-state index contributed by atoms with van der Waals surface area (Å²) in [5, 5.41) is 4.00. The van der Waals surface area contributed by atoms with Gasteiger partial charge in [-0.2, -0.15) is 0 Å². The van der Waals surface area contributed by atoms with Crippen molar-refractivity contribution in [3.05, 3.63) is 22.7 Å². The molecule has 2 saturated carbocycles. The first-order valence-corrected chi connectivity index (χ1v) is 10.0. The highest BCUT2D eigenvalue weighted by molar-refractivity contribution is 5.36. The molecule has 4 atom stereocenters. The Morgan fingerprint density at radius 1 is 1.20 bits per heavy atom. The van der Waals surface area contributed by atoms with Crippen molar-refractivity contribution < 1.29 is 0 Å². The lowest BCUT2D eigenvalue weighted by atomic mass is 9.47. The van der Waals surface area contributed by atoms with E-state index in [4.69, 9.17) is 0 Å². The summed E-state index contributed by atoms with van der Waals surface area (Å²) in [6.07, 6.45) is 11.4. The molecule has 5 heteroatoms. The van der Waals surface area contributed by atoms with Gasteiger partial charge < -0.3 is 14.8 Å². The molecule has 1 N–H and O–H groups in total. The van der Waals surface area contributed by atoms with Gasteiger partial charge in [0.2, 0.25) is 0 Å². The minimum atomic E-state index is 0.0134. The number of hydrogen-bond acceptors (Lipinski definition) is 4. The summed E-state index contributed by atoms with van der Waals surface area (Å²) < 4.78 is 1.63. The molecule has 2 heterocycles. The van der Waals surface area contributed by atoms with Gasteiger partial charge in [-0.15, -0.1) is 0 Å². The standard InChI is InChI=1S/C20H32N4O/c1-20(2)16-9-5-4-8-15(16)17(20)22-14-7-6-11-24(13-14)18-19(25)23(3)12-10-21-18/h10,12,14-17,22H,4-9,11,13H2,1-3H3/t14-,15+,16-,17+/m0/s1. The van der Waals surface area contributed by atoms with Crippen LogP contribution in [-0.4, -0.2) is 34.7 Å². The zero-order valence-electron chi connectivity index (χ0n) is 15.9. The highest BCUT2D eigenvalue weighted by atomic mass is 16.1. The largest absolute Gasteiger partial charge is 0.350 e. The highest BCUT2D eigenvalue weighted by Crippen LogP contribution is 2.57. The van der Waals surface area contributed by atoms with Gasteiger partial charge in [0.15, 0.2) is 5.82 Å². The molecule has 0 unspecified atom stereocenters. The van der Waals surface area contributed by atoms with Gasteiger partial charge in [-0.25, -0.2) is 4.98 Å². The normalized spacial score (nSPS) is 34.3. The Morgan fingerprint density at radius 3 is 2.84 bits per heavy atom. The molecule has 0 spiro atoms. The number of rotatable bonds is 3. The average molecular weight is 345 g/mol. The van der Waals surface area contributed by atoms with Gasteiger partial charge in [0.25, 0.3) is 5.56 Å². The Hall–Kier alpha value is -1.36. The molecule has 3 aliphatic rings. The van der Waals surface area contributed by atoms with Crippen molar-refractivity contribution in [2.45, 2.75) is 64.5 Å². The molecule has 1 saturated heterocycles. The molecule has 0 bridgehead atoms. The van der Waals surface area contributed by atoms with Gasteiger partial charge in [-0.05, 0) is 42.9 Å². The maximum Gasteiger partial charge on any atom is 0.293 e. The van der Waals surface area contributed by atoms with Crippen molar-refractivity contribution in [1.82, 2.24) is 14.9 Å². The number of nitrogens with zero attached hydrogens (tertiary/aromatic N) is 3. The fourth-order valence-corrected chi connectivity index (χ4v) is 5.75. The Morgan fingerprint density at radius 2 is 2.00 bits per heavy atom. The van der Waals surface area contributed by atoms with E-state index in [1.807, 2.05) is 0 Å². The number of piperidine rings is 1. The molecule has 0 amide bonds. The fraction of sp³-hybridized carbons (Fsp3) is 0.800. The second-order valence-corrected chi connectivity index (χ2v) is 8.97. The van der Waals surface area contributed by atoms with Crippen LogP contribution in [0.15, 0.2) is 17.2 Å². The SMILES string of the molecule is Cn1ccnc(N2CCC[C@H](N[C@@H]3[C@@H]4CCCC[C@@H]4C3(C)C)C2)c1=O. The highest BCUT2D eigenvalue weighted by Gasteiger charge is 2.56. The number of aryl methyl sites for hydroxylation is 1. The molecule has 1 aromatic heterocycles. The molecule has 5 nitrogen and oxygen atoms in total. The van der Waals surface area contributed by atoms with Crippen LogP contribution in [0.25, 0.3) is 0 Å². The Bertz CT molecular complexity index is 683. The first-order valence-electron chi connectivity index (χ1n) is 10.0. The van der Waals surface area contributed by atoms with E-state index in [9.17, 15) is 4.79 Å². The van der Waals surface area contributed by atoms with Crippen LogP contribution < -0.4 is 15.8 Å². The van der Waals surface area contributed by atoms with Crippen molar-refractivity contribution in [2.75, 3.05) is 18.0 Å². The van der Waals surface area contributed by atoms with Crippen LogP contribution in [-0.2, 0) is 7.05 Å². The maximum atomic E-state index is 12.4. The summed E-state index contributed by atoms with van der Waals surface area (Å²) in [4.78, 5) is 19.0. The van der Waals surface area contributed by atoms with Gasteiger partial charge in [0.05, 0.1) is 0 Å². The van der Waals surface area contributed by atoms with Crippen LogP contribution in [0.1, 0.15) is 52.4 Å². The maximum absolute atomic E-state index is 12.4. The van der Waals surface area contributed by atoms with Crippen molar-refractivity contribution in [1.29, 1.82) is 0 Å². The number of nitrogens with one attached hydrogen (secondary N) is 1. The molecule has 1 aromatic rings. The summed E-state index contributed by atoms with van der Waals surface area (Å²) in [6.45, 7) is 6.74. The lowest BCUT2D eigenvalue weighted by molar-refractivity contribution is -0.0922. The molecule has 0 aromatic carbocycles. The van der Waals surface area contributed by atoms with E-state index in [0.717, 1.165) is 31.3 Å². The second-order valence-electron chi connectivity index (χ2n) is 8.97. The van der Waals surface area contributed by atoms with Crippen molar-refractivity contribution in [3.8, 4) is 0 Å². The number of hydrogen-bond donors (Lipinski definition) is 1. The lowest BCUT2D eigenvalue weighted by Gasteiger charge is -2.62. The first kappa shape index (κ1) is 17.1. The Labute approximate surface area is 150 Å². The molecule has 0 radical (unpaired) electrons. The molecule has 25 heavy (non-hydrogen) atoms. The van der Waals surface area contributed by atoms with Crippen LogP contribution in [0.5, 0.6) is 0 Å². The molecule has 138 valence electrons. The summed E-state index contributed by atoms with van der Waals surface area (Å²) in [5.41, 5.74) is 0.425. The number of fused-ring (bicyclic) bond motifs is 1. The Balaban J connectivity index is 1.45.